The number of aromatic carboxylic acids is 1. The number of carbonyl (C=O) groups is 1. The van der Waals surface area contributed by atoms with Crippen LogP contribution in [0.5, 0.6) is 53.1 Å². The van der Waals surface area contributed by atoms with Gasteiger partial charge in [-0.2, -0.15) is 47.7 Å². The molecule has 0 saturated carbocycles. The SMILES string of the molecule is COc1cc(OC)nc(Oc2cccc(Oc3nc(OC)cc(OC)n3)c2C(=O)[O-])n1.COc1nc(C)nc(N/C([O-])=N/S(=O)(=O)c2ccccc2I)n1.[Na+].[Na+]. The number of anilines is 1. The third-order valence-corrected chi connectivity index (χ3v) is 8.82. The topological polar surface area (TPSA) is 277 Å². The number of carboxylic acids is 1. The van der Waals surface area contributed by atoms with Gasteiger partial charge in [0, 0.05) is 3.57 Å². The van der Waals surface area contributed by atoms with Crippen LogP contribution in [-0.2, 0) is 10.0 Å². The van der Waals surface area contributed by atoms with Crippen LogP contribution in [0.4, 0.5) is 5.95 Å². The van der Waals surface area contributed by atoms with Gasteiger partial charge in [-0.1, -0.05) is 18.2 Å². The van der Waals surface area contributed by atoms with Gasteiger partial charge in [-0.15, -0.1) is 0 Å². The fourth-order valence-corrected chi connectivity index (χ4v) is 6.04. The molecule has 5 aromatic rings. The summed E-state index contributed by atoms with van der Waals surface area (Å²) in [5.41, 5.74) is -0.418. The molecule has 0 aliphatic carbocycles. The number of rotatable bonds is 13. The summed E-state index contributed by atoms with van der Waals surface area (Å²) < 4.78 is 64.1. The van der Waals surface area contributed by atoms with Crippen LogP contribution in [0.3, 0.4) is 0 Å². The Morgan fingerprint density at radius 3 is 1.59 bits per heavy atom. The number of nitrogens with zero attached hydrogens (tertiary/aromatic N) is 8. The average molecular weight is 924 g/mol. The van der Waals surface area contributed by atoms with E-state index < -0.39 is 27.6 Å². The molecule has 0 unspecified atom stereocenters. The number of benzene rings is 2. The number of aromatic nitrogens is 7. The maximum atomic E-state index is 12.1. The van der Waals surface area contributed by atoms with Gasteiger partial charge in [0.15, 0.2) is 0 Å². The van der Waals surface area contributed by atoms with E-state index >= 15 is 0 Å². The number of hydrogen-bond acceptors (Lipinski definition) is 19. The van der Waals surface area contributed by atoms with Crippen LogP contribution in [-0.4, -0.2) is 90.8 Å². The van der Waals surface area contributed by atoms with Crippen LogP contribution < -0.4 is 108 Å². The van der Waals surface area contributed by atoms with Crippen molar-refractivity contribution in [1.29, 1.82) is 0 Å². The van der Waals surface area contributed by atoms with Crippen molar-refractivity contribution in [2.75, 3.05) is 40.9 Å². The fraction of sp³-hybridized carbons (Fsp3) is 0.194. The number of hydrogen-bond donors (Lipinski definition) is 1. The van der Waals surface area contributed by atoms with E-state index in [-0.39, 0.29) is 123 Å². The number of sulfonamides is 1. The van der Waals surface area contributed by atoms with Crippen molar-refractivity contribution in [3.8, 4) is 53.1 Å². The van der Waals surface area contributed by atoms with Gasteiger partial charge in [0.2, 0.25) is 29.5 Å². The molecule has 5 rings (SSSR count). The van der Waals surface area contributed by atoms with Crippen LogP contribution >= 0.6 is 22.6 Å². The van der Waals surface area contributed by atoms with Gasteiger partial charge in [-0.05, 0) is 53.8 Å². The van der Waals surface area contributed by atoms with Gasteiger partial charge >= 0.3 is 77.1 Å². The number of methoxy groups -OCH3 is 5. The second-order valence-electron chi connectivity index (χ2n) is 9.71. The van der Waals surface area contributed by atoms with Crippen LogP contribution in [0.1, 0.15) is 16.2 Å². The molecule has 0 atom stereocenters. The first-order chi connectivity index (χ1) is 25.8. The van der Waals surface area contributed by atoms with Gasteiger partial charge in [-0.25, -0.2) is 0 Å². The largest absolute Gasteiger partial charge is 1.00 e. The van der Waals surface area contributed by atoms with E-state index in [2.05, 4.69) is 44.6 Å². The summed E-state index contributed by atoms with van der Waals surface area (Å²) in [5.74, 6) is -1.11. The molecule has 21 nitrogen and oxygen atoms in total. The summed E-state index contributed by atoms with van der Waals surface area (Å²) in [7, 11) is 2.81. The van der Waals surface area contributed by atoms with E-state index in [0.29, 0.717) is 9.39 Å². The van der Waals surface area contributed by atoms with Gasteiger partial charge in [0.25, 0.3) is 10.0 Å². The minimum atomic E-state index is -4.13. The summed E-state index contributed by atoms with van der Waals surface area (Å²) in [5, 5.41) is 25.9. The first kappa shape index (κ1) is 47.8. The molecule has 0 radical (unpaired) electrons. The normalized spacial score (nSPS) is 10.6. The Balaban J connectivity index is 0.000000389. The number of amidine groups is 1. The van der Waals surface area contributed by atoms with E-state index in [4.69, 9.17) is 33.2 Å². The Kier molecular flexibility index (Phi) is 19.1. The van der Waals surface area contributed by atoms with Crippen LogP contribution in [0.2, 0.25) is 0 Å². The molecular formula is C31H28IN9Na2O12S. The van der Waals surface area contributed by atoms with E-state index in [9.17, 15) is 23.4 Å². The monoisotopic (exact) mass is 923 g/mol. The molecule has 1 N–H and O–H groups in total. The van der Waals surface area contributed by atoms with Gasteiger partial charge in [0.05, 0.1) is 65.2 Å². The molecule has 56 heavy (non-hydrogen) atoms. The van der Waals surface area contributed by atoms with Crippen molar-refractivity contribution in [3.05, 3.63) is 69.6 Å². The Hall–Kier alpha value is -4.37. The summed E-state index contributed by atoms with van der Waals surface area (Å²) >= 11 is 1.85. The number of carboxylic acid groups (broad SMARTS) is 1. The van der Waals surface area contributed by atoms with Gasteiger partial charge in [-0.3, -0.25) is 0 Å². The zero-order valence-corrected chi connectivity index (χ0v) is 37.9. The van der Waals surface area contributed by atoms with Crippen molar-refractivity contribution >= 4 is 50.6 Å². The molecule has 0 aliphatic heterocycles. The zero-order valence-electron chi connectivity index (χ0n) is 31.0. The molecule has 0 aliphatic rings. The quantitative estimate of drug-likeness (QED) is 0.0505. The summed E-state index contributed by atoms with van der Waals surface area (Å²) in [6.07, 6.45) is 0. The number of halogens is 1. The first-order valence-electron chi connectivity index (χ1n) is 14.7. The second kappa shape index (κ2) is 22.4. The second-order valence-corrected chi connectivity index (χ2v) is 12.4. The number of nitrogens with one attached hydrogen (secondary N) is 1. The summed E-state index contributed by atoms with van der Waals surface area (Å²) in [6.45, 7) is 1.57. The predicted molar refractivity (Wildman–Crippen MR) is 190 cm³/mol. The minimum Gasteiger partial charge on any atom is -0.845 e. The molecule has 3 heterocycles. The molecule has 0 fully saturated rings. The third-order valence-electron chi connectivity index (χ3n) is 6.19. The molecule has 2 aromatic carbocycles. The number of carbonyl (C=O) groups excluding carboxylic acids is 1. The van der Waals surface area contributed by atoms with Crippen LogP contribution in [0, 0.1) is 10.5 Å². The van der Waals surface area contributed by atoms with Crippen molar-refractivity contribution in [3.63, 3.8) is 0 Å². The smallest absolute Gasteiger partial charge is 0.845 e. The van der Waals surface area contributed by atoms with Gasteiger partial charge in [0.1, 0.15) is 22.2 Å². The standard InChI is InChI=1S/C19H18N4O8.C12H12IN5O4S.2Na/c1-26-12-8-13(27-2)21-18(20-12)30-10-6-5-7-11(16(10)17(24)25)31-19-22-14(28-3)9-15(23-19)29-4;1-7-14-10(17-12(15-7)22-2)16-11(19)18-23(20,21)9-6-4-3-5-8(9)13;;/h5-9H,1-4H3,(H,24,25);3-6H,1-2H3,(H2,14,15,16,17,18,19);;/q;;2*+1/p-2. The maximum Gasteiger partial charge on any atom is 1.00 e. The van der Waals surface area contributed by atoms with Crippen LogP contribution in [0.25, 0.3) is 0 Å². The molecule has 0 saturated heterocycles. The maximum absolute atomic E-state index is 12.1. The fourth-order valence-electron chi connectivity index (χ4n) is 3.89. The Morgan fingerprint density at radius 1 is 0.679 bits per heavy atom. The number of aryl methyl sites for hydroxylation is 1. The third kappa shape index (κ3) is 13.4. The van der Waals surface area contributed by atoms with Crippen molar-refractivity contribution in [1.82, 2.24) is 34.9 Å². The first-order valence-corrected chi connectivity index (χ1v) is 17.2. The van der Waals surface area contributed by atoms with Gasteiger partial charge < -0.3 is 53.5 Å². The molecular weight excluding hydrogens is 895 g/mol. The summed E-state index contributed by atoms with van der Waals surface area (Å²) in [6, 6.07) is 11.7. The zero-order chi connectivity index (χ0) is 39.4. The molecule has 284 valence electrons. The van der Waals surface area contributed by atoms with Crippen molar-refractivity contribution < 1.29 is 116 Å². The Labute approximate surface area is 377 Å². The molecule has 25 heteroatoms. The van der Waals surface area contributed by atoms with E-state index in [1.54, 1.807) is 25.1 Å². The van der Waals surface area contributed by atoms with Crippen LogP contribution in [0.15, 0.2) is 63.9 Å². The molecule has 0 spiro atoms. The summed E-state index contributed by atoms with van der Waals surface area (Å²) in [4.78, 5) is 39.3. The molecule has 0 bridgehead atoms. The van der Waals surface area contributed by atoms with Crippen molar-refractivity contribution in [2.45, 2.75) is 11.8 Å². The number of ether oxygens (including phenoxy) is 7. The van der Waals surface area contributed by atoms with Crippen molar-refractivity contribution in [2.24, 2.45) is 4.40 Å². The average Bonchev–Trinajstić information content (AvgIpc) is 3.14. The van der Waals surface area contributed by atoms with E-state index in [1.165, 1.54) is 71.9 Å². The minimum absolute atomic E-state index is 0. The molecule has 0 amide bonds. The predicted octanol–water partition coefficient (Wildman–Crippen LogP) is -4.43. The Morgan fingerprint density at radius 2 is 1.16 bits per heavy atom. The Bertz CT molecular complexity index is 2160. The molecule has 3 aromatic heterocycles. The van der Waals surface area contributed by atoms with E-state index in [1.807, 2.05) is 22.6 Å². The van der Waals surface area contributed by atoms with E-state index in [0.717, 1.165) is 0 Å².